The number of aromatic nitrogens is 1. The first-order valence-electron chi connectivity index (χ1n) is 6.64. The van der Waals surface area contributed by atoms with Crippen molar-refractivity contribution in [1.82, 2.24) is 4.98 Å². The Morgan fingerprint density at radius 3 is 2.76 bits per heavy atom. The van der Waals surface area contributed by atoms with Crippen LogP contribution in [0.2, 0.25) is 10.0 Å². The Morgan fingerprint density at radius 2 is 2.00 bits per heavy atom. The van der Waals surface area contributed by atoms with Crippen LogP contribution in [0.25, 0.3) is 0 Å². The van der Waals surface area contributed by atoms with Crippen LogP contribution < -0.4 is 15.2 Å². The molecule has 1 aliphatic rings. The Morgan fingerprint density at radius 1 is 1.19 bits per heavy atom. The fraction of sp³-hybridized carbons (Fsp3) is 0.267. The van der Waals surface area contributed by atoms with Crippen molar-refractivity contribution < 1.29 is 9.47 Å². The first kappa shape index (κ1) is 14.3. The number of nitrogens with two attached hydrogens (primary N) is 1. The maximum Gasteiger partial charge on any atom is 0.240 e. The number of anilines is 1. The molecule has 0 bridgehead atoms. The first-order valence-corrected chi connectivity index (χ1v) is 7.40. The van der Waals surface area contributed by atoms with Gasteiger partial charge in [0.1, 0.15) is 10.8 Å². The van der Waals surface area contributed by atoms with Gasteiger partial charge in [0.2, 0.25) is 11.8 Å². The fourth-order valence-electron chi connectivity index (χ4n) is 1.76. The van der Waals surface area contributed by atoms with E-state index in [1.165, 1.54) is 12.8 Å². The standard InChI is InChI=1S/C15H14Cl2N2O2/c16-10-2-1-3-12(14(10)17)21-13-7-6-11(18)15(19-13)20-8-9-4-5-9/h1-3,6-7,9H,4-5,8,18H2. The van der Waals surface area contributed by atoms with Gasteiger partial charge in [0.05, 0.1) is 17.3 Å². The summed E-state index contributed by atoms with van der Waals surface area (Å²) in [5, 5.41) is 0.771. The number of halogens is 2. The molecule has 1 aliphatic carbocycles. The lowest BCUT2D eigenvalue weighted by Crippen LogP contribution is -2.04. The van der Waals surface area contributed by atoms with Crippen LogP contribution in [0.3, 0.4) is 0 Å². The lowest BCUT2D eigenvalue weighted by Gasteiger charge is -2.11. The summed E-state index contributed by atoms with van der Waals surface area (Å²) in [6.45, 7) is 0.637. The van der Waals surface area contributed by atoms with E-state index >= 15 is 0 Å². The van der Waals surface area contributed by atoms with E-state index in [1.54, 1.807) is 30.3 Å². The number of hydrogen-bond acceptors (Lipinski definition) is 4. The maximum atomic E-state index is 6.08. The van der Waals surface area contributed by atoms with Crippen LogP contribution >= 0.6 is 23.2 Å². The Labute approximate surface area is 132 Å². The van der Waals surface area contributed by atoms with Crippen molar-refractivity contribution in [3.8, 4) is 17.5 Å². The van der Waals surface area contributed by atoms with Crippen molar-refractivity contribution in [3.05, 3.63) is 40.4 Å². The van der Waals surface area contributed by atoms with E-state index in [0.717, 1.165) is 0 Å². The molecule has 0 spiro atoms. The van der Waals surface area contributed by atoms with Crippen molar-refractivity contribution in [2.24, 2.45) is 5.92 Å². The SMILES string of the molecule is Nc1ccc(Oc2cccc(Cl)c2Cl)nc1OCC1CC1. The van der Waals surface area contributed by atoms with Gasteiger partial charge in [0.25, 0.3) is 0 Å². The normalized spacial score (nSPS) is 14.0. The van der Waals surface area contributed by atoms with Crippen LogP contribution in [0.5, 0.6) is 17.5 Å². The third-order valence-electron chi connectivity index (χ3n) is 3.15. The molecule has 0 atom stereocenters. The smallest absolute Gasteiger partial charge is 0.240 e. The highest BCUT2D eigenvalue weighted by atomic mass is 35.5. The number of pyridine rings is 1. The van der Waals surface area contributed by atoms with Crippen LogP contribution in [-0.2, 0) is 0 Å². The van der Waals surface area contributed by atoms with Gasteiger partial charge in [-0.25, -0.2) is 0 Å². The van der Waals surface area contributed by atoms with Crippen LogP contribution in [0.1, 0.15) is 12.8 Å². The van der Waals surface area contributed by atoms with E-state index in [9.17, 15) is 0 Å². The van der Waals surface area contributed by atoms with Crippen LogP contribution in [0, 0.1) is 5.92 Å². The quantitative estimate of drug-likeness (QED) is 0.876. The van der Waals surface area contributed by atoms with Gasteiger partial charge in [-0.05, 0) is 37.0 Å². The van der Waals surface area contributed by atoms with E-state index in [0.29, 0.717) is 45.8 Å². The highest BCUT2D eigenvalue weighted by Crippen LogP contribution is 2.35. The minimum atomic E-state index is 0.346. The minimum absolute atomic E-state index is 0.346. The maximum absolute atomic E-state index is 6.08. The van der Waals surface area contributed by atoms with Gasteiger partial charge < -0.3 is 15.2 Å². The van der Waals surface area contributed by atoms with Crippen molar-refractivity contribution in [3.63, 3.8) is 0 Å². The largest absolute Gasteiger partial charge is 0.476 e. The molecule has 0 saturated heterocycles. The second-order valence-electron chi connectivity index (χ2n) is 4.95. The van der Waals surface area contributed by atoms with Crippen molar-refractivity contribution in [1.29, 1.82) is 0 Å². The monoisotopic (exact) mass is 324 g/mol. The Balaban J connectivity index is 1.78. The van der Waals surface area contributed by atoms with Crippen molar-refractivity contribution >= 4 is 28.9 Å². The third-order valence-corrected chi connectivity index (χ3v) is 3.95. The number of ether oxygens (including phenoxy) is 2. The summed E-state index contributed by atoms with van der Waals surface area (Å²) in [7, 11) is 0. The third kappa shape index (κ3) is 3.52. The van der Waals surface area contributed by atoms with E-state index < -0.39 is 0 Å². The number of rotatable bonds is 5. The van der Waals surface area contributed by atoms with E-state index in [4.69, 9.17) is 38.4 Å². The summed E-state index contributed by atoms with van der Waals surface area (Å²) < 4.78 is 11.3. The van der Waals surface area contributed by atoms with Crippen molar-refractivity contribution in [2.75, 3.05) is 12.3 Å². The molecule has 1 aromatic carbocycles. The summed E-state index contributed by atoms with van der Waals surface area (Å²) in [6, 6.07) is 8.53. The molecule has 4 nitrogen and oxygen atoms in total. The number of hydrogen-bond donors (Lipinski definition) is 1. The molecule has 0 aliphatic heterocycles. The molecule has 1 aromatic heterocycles. The molecule has 1 saturated carbocycles. The van der Waals surface area contributed by atoms with Crippen LogP contribution in [-0.4, -0.2) is 11.6 Å². The van der Waals surface area contributed by atoms with E-state index in [1.807, 2.05) is 0 Å². The predicted octanol–water partition coefficient (Wildman–Crippen LogP) is 4.55. The second kappa shape index (κ2) is 6.00. The zero-order valence-corrected chi connectivity index (χ0v) is 12.7. The molecule has 6 heteroatoms. The molecule has 0 radical (unpaired) electrons. The molecule has 1 fully saturated rings. The zero-order valence-electron chi connectivity index (χ0n) is 11.2. The van der Waals surface area contributed by atoms with Gasteiger partial charge in [-0.1, -0.05) is 29.3 Å². The number of nitrogen functional groups attached to an aromatic ring is 1. The summed E-state index contributed by atoms with van der Waals surface area (Å²) in [4.78, 5) is 4.27. The molecule has 0 amide bonds. The molecule has 2 N–H and O–H groups in total. The van der Waals surface area contributed by atoms with Crippen molar-refractivity contribution in [2.45, 2.75) is 12.8 Å². The number of benzene rings is 1. The zero-order chi connectivity index (χ0) is 14.8. The average molecular weight is 325 g/mol. The van der Waals surface area contributed by atoms with Gasteiger partial charge in [-0.3, -0.25) is 0 Å². The second-order valence-corrected chi connectivity index (χ2v) is 5.74. The minimum Gasteiger partial charge on any atom is -0.476 e. The Bertz CT molecular complexity index is 660. The average Bonchev–Trinajstić information content (AvgIpc) is 3.28. The fourth-order valence-corrected chi connectivity index (χ4v) is 2.09. The lowest BCUT2D eigenvalue weighted by atomic mass is 10.3. The van der Waals surface area contributed by atoms with Gasteiger partial charge in [0.15, 0.2) is 0 Å². The van der Waals surface area contributed by atoms with Crippen LogP contribution in [0.4, 0.5) is 5.69 Å². The van der Waals surface area contributed by atoms with Gasteiger partial charge >= 0.3 is 0 Å². The summed E-state index contributed by atoms with van der Waals surface area (Å²) >= 11 is 12.0. The van der Waals surface area contributed by atoms with Gasteiger partial charge in [0, 0.05) is 6.07 Å². The molecule has 0 unspecified atom stereocenters. The lowest BCUT2D eigenvalue weighted by molar-refractivity contribution is 0.286. The molecule has 3 rings (SSSR count). The first-order chi connectivity index (χ1) is 10.1. The highest BCUT2D eigenvalue weighted by molar-refractivity contribution is 6.42. The molecule has 21 heavy (non-hydrogen) atoms. The topological polar surface area (TPSA) is 57.4 Å². The summed E-state index contributed by atoms with van der Waals surface area (Å²) in [6.07, 6.45) is 2.41. The Kier molecular flexibility index (Phi) is 4.08. The van der Waals surface area contributed by atoms with E-state index in [-0.39, 0.29) is 0 Å². The molecule has 1 heterocycles. The molecular formula is C15H14Cl2N2O2. The van der Waals surface area contributed by atoms with E-state index in [2.05, 4.69) is 4.98 Å². The highest BCUT2D eigenvalue weighted by Gasteiger charge is 2.22. The molecular weight excluding hydrogens is 311 g/mol. The molecule has 110 valence electrons. The van der Waals surface area contributed by atoms with Gasteiger partial charge in [-0.2, -0.15) is 4.98 Å². The summed E-state index contributed by atoms with van der Waals surface area (Å²) in [5.41, 5.74) is 6.34. The predicted molar refractivity (Wildman–Crippen MR) is 83.4 cm³/mol. The Hall–Kier alpha value is -1.65. The van der Waals surface area contributed by atoms with Crippen LogP contribution in [0.15, 0.2) is 30.3 Å². The summed E-state index contributed by atoms with van der Waals surface area (Å²) in [5.74, 6) is 1.81. The number of nitrogens with zero attached hydrogens (tertiary/aromatic N) is 1. The molecule has 2 aromatic rings. The van der Waals surface area contributed by atoms with Gasteiger partial charge in [-0.15, -0.1) is 0 Å².